The van der Waals surface area contributed by atoms with Crippen molar-refractivity contribution in [1.82, 2.24) is 24.7 Å². The number of piperidine rings is 1. The number of carbonyl (C=O) groups is 1. The zero-order valence-electron chi connectivity index (χ0n) is 20.7. The van der Waals surface area contributed by atoms with Crippen LogP contribution in [-0.4, -0.2) is 61.0 Å². The summed E-state index contributed by atoms with van der Waals surface area (Å²) in [6.45, 7) is 4.02. The molecule has 3 atom stereocenters. The van der Waals surface area contributed by atoms with Gasteiger partial charge in [0.15, 0.2) is 0 Å². The van der Waals surface area contributed by atoms with E-state index in [9.17, 15) is 9.90 Å². The Bertz CT molecular complexity index is 1450. The van der Waals surface area contributed by atoms with Crippen molar-refractivity contribution in [1.29, 1.82) is 0 Å². The van der Waals surface area contributed by atoms with Crippen LogP contribution in [0.1, 0.15) is 30.3 Å². The summed E-state index contributed by atoms with van der Waals surface area (Å²) in [5.41, 5.74) is 11.2. The Hall–Kier alpha value is -3.89. The highest BCUT2D eigenvalue weighted by Crippen LogP contribution is 2.42. The Morgan fingerprint density at radius 1 is 1.14 bits per heavy atom. The Morgan fingerprint density at radius 2 is 2.00 bits per heavy atom. The number of aryl methyl sites for hydroxylation is 1. The molecule has 2 aliphatic rings. The molecule has 0 spiro atoms. The molecule has 6 rings (SSSR count). The third-order valence-electron chi connectivity index (χ3n) is 7.41. The minimum absolute atomic E-state index is 0.133. The first-order valence-electron chi connectivity index (χ1n) is 12.7. The van der Waals surface area contributed by atoms with E-state index in [1.165, 1.54) is 0 Å². The average Bonchev–Trinajstić information content (AvgIpc) is 3.65. The van der Waals surface area contributed by atoms with Crippen LogP contribution in [0.2, 0.25) is 0 Å². The number of aliphatic hydroxyl groups excluding tert-OH is 1. The second kappa shape index (κ2) is 9.53. The number of pyridine rings is 3. The second-order valence-electron chi connectivity index (χ2n) is 9.95. The highest BCUT2D eigenvalue weighted by atomic mass is 16.3. The van der Waals surface area contributed by atoms with Crippen LogP contribution in [0.15, 0.2) is 55.2 Å². The maximum absolute atomic E-state index is 13.3. The van der Waals surface area contributed by atoms with Crippen molar-refractivity contribution in [3.8, 4) is 11.1 Å². The smallest absolute Gasteiger partial charge is 0.274 e. The summed E-state index contributed by atoms with van der Waals surface area (Å²) in [7, 11) is 0. The van der Waals surface area contributed by atoms with Crippen molar-refractivity contribution in [3.63, 3.8) is 0 Å². The molecule has 37 heavy (non-hydrogen) atoms. The number of anilines is 2. The number of hydrogen-bond acceptors (Lipinski definition) is 8. The third-order valence-corrected chi connectivity index (χ3v) is 7.41. The van der Waals surface area contributed by atoms with Crippen LogP contribution in [0.3, 0.4) is 0 Å². The van der Waals surface area contributed by atoms with E-state index < -0.39 is 6.10 Å². The van der Waals surface area contributed by atoms with Crippen molar-refractivity contribution >= 4 is 28.3 Å². The Kier molecular flexibility index (Phi) is 6.05. The van der Waals surface area contributed by atoms with Gasteiger partial charge in [0.2, 0.25) is 0 Å². The third kappa shape index (κ3) is 4.65. The van der Waals surface area contributed by atoms with E-state index in [0.29, 0.717) is 35.7 Å². The molecular formula is C27H30N8O2. The Labute approximate surface area is 214 Å². The molecule has 1 saturated heterocycles. The van der Waals surface area contributed by atoms with Crippen LogP contribution in [0.5, 0.6) is 0 Å². The van der Waals surface area contributed by atoms with Crippen LogP contribution in [0.25, 0.3) is 22.2 Å². The van der Waals surface area contributed by atoms with E-state index in [4.69, 9.17) is 5.73 Å². The summed E-state index contributed by atoms with van der Waals surface area (Å²) in [5.74, 6) is 0.314. The van der Waals surface area contributed by atoms with E-state index in [1.807, 2.05) is 29.9 Å². The normalized spacial score (nSPS) is 21.8. The van der Waals surface area contributed by atoms with Gasteiger partial charge in [0, 0.05) is 61.3 Å². The number of fused-ring (bicyclic) bond motifs is 1. The number of carbonyl (C=O) groups excluding carboxylic acids is 1. The van der Waals surface area contributed by atoms with Gasteiger partial charge in [-0.15, -0.1) is 0 Å². The van der Waals surface area contributed by atoms with Crippen molar-refractivity contribution in [3.05, 3.63) is 60.9 Å². The predicted octanol–water partition coefficient (Wildman–Crippen LogP) is 2.69. The molecule has 0 bridgehead atoms. The largest absolute Gasteiger partial charge is 0.391 e. The lowest BCUT2D eigenvalue weighted by molar-refractivity contribution is 0.0594. The molecule has 4 N–H and O–H groups in total. The van der Waals surface area contributed by atoms with Crippen molar-refractivity contribution < 1.29 is 9.90 Å². The number of nitrogens with zero attached hydrogens (tertiary/aromatic N) is 6. The second-order valence-corrected chi connectivity index (χ2v) is 9.95. The van der Waals surface area contributed by atoms with Crippen LogP contribution in [0, 0.1) is 11.8 Å². The fraction of sp³-hybridized carbons (Fsp3) is 0.370. The minimum atomic E-state index is -0.500. The highest BCUT2D eigenvalue weighted by Gasteiger charge is 2.43. The van der Waals surface area contributed by atoms with Crippen molar-refractivity contribution in [2.24, 2.45) is 17.6 Å². The summed E-state index contributed by atoms with van der Waals surface area (Å²) in [4.78, 5) is 28.8. The number of hydrogen-bond donors (Lipinski definition) is 3. The lowest BCUT2D eigenvalue weighted by Crippen LogP contribution is -2.57. The predicted molar refractivity (Wildman–Crippen MR) is 141 cm³/mol. The molecule has 10 nitrogen and oxygen atoms in total. The van der Waals surface area contributed by atoms with Crippen LogP contribution in [0.4, 0.5) is 11.4 Å². The Balaban J connectivity index is 1.25. The molecule has 2 fully saturated rings. The first kappa shape index (κ1) is 23.5. The minimum Gasteiger partial charge on any atom is -0.391 e. The molecule has 4 aromatic heterocycles. The molecule has 0 aromatic carbocycles. The number of nitrogens with one attached hydrogen (secondary N) is 1. The number of aliphatic hydroxyl groups is 1. The van der Waals surface area contributed by atoms with Gasteiger partial charge in [-0.3, -0.25) is 19.4 Å². The average molecular weight is 499 g/mol. The lowest BCUT2D eigenvalue weighted by atomic mass is 9.87. The van der Waals surface area contributed by atoms with Gasteiger partial charge >= 0.3 is 0 Å². The van der Waals surface area contributed by atoms with Gasteiger partial charge in [-0.05, 0) is 49.9 Å². The number of aromatic nitrogens is 5. The Morgan fingerprint density at radius 3 is 2.78 bits per heavy atom. The first-order valence-corrected chi connectivity index (χ1v) is 12.7. The first-order chi connectivity index (χ1) is 18.0. The molecule has 1 aliphatic heterocycles. The molecule has 1 aliphatic carbocycles. The lowest BCUT2D eigenvalue weighted by Gasteiger charge is -2.42. The molecule has 1 saturated carbocycles. The quantitative estimate of drug-likeness (QED) is 0.369. The zero-order valence-corrected chi connectivity index (χ0v) is 20.7. The van der Waals surface area contributed by atoms with Crippen LogP contribution in [-0.2, 0) is 6.54 Å². The maximum Gasteiger partial charge on any atom is 0.274 e. The van der Waals surface area contributed by atoms with Crippen molar-refractivity contribution in [2.75, 3.05) is 23.3 Å². The molecule has 1 amide bonds. The monoisotopic (exact) mass is 498 g/mol. The summed E-state index contributed by atoms with van der Waals surface area (Å²) in [6.07, 6.45) is 10.7. The molecule has 190 valence electrons. The maximum atomic E-state index is 13.3. The summed E-state index contributed by atoms with van der Waals surface area (Å²) in [5, 5.41) is 17.9. The fourth-order valence-corrected chi connectivity index (χ4v) is 5.19. The van der Waals surface area contributed by atoms with Crippen LogP contribution < -0.4 is 16.0 Å². The van der Waals surface area contributed by atoms with Gasteiger partial charge in [0.05, 0.1) is 40.9 Å². The van der Waals surface area contributed by atoms with Gasteiger partial charge in [-0.1, -0.05) is 0 Å². The standard InChI is InChI=1S/C27H30N8O2/c1-2-35-13-18(11-31-35)17-9-23-21(30-10-17)5-6-22(32-23)27(37)33-24-12-29-8-7-25(24)34-14-19(16-3-4-16)26(36)20(28)15-34/h5-13,16,19-20,26,36H,2-4,14-15,28H2,1H3,(H,33,37). The molecule has 3 unspecified atom stereocenters. The van der Waals surface area contributed by atoms with E-state index in [0.717, 1.165) is 36.2 Å². The molecule has 4 aromatic rings. The summed E-state index contributed by atoms with van der Waals surface area (Å²) >= 11 is 0. The highest BCUT2D eigenvalue weighted by molar-refractivity contribution is 6.05. The van der Waals surface area contributed by atoms with E-state index in [1.54, 1.807) is 36.9 Å². The topological polar surface area (TPSA) is 135 Å². The molecule has 10 heteroatoms. The van der Waals surface area contributed by atoms with Gasteiger partial charge in [0.25, 0.3) is 5.91 Å². The van der Waals surface area contributed by atoms with Crippen molar-refractivity contribution in [2.45, 2.75) is 38.5 Å². The van der Waals surface area contributed by atoms with Crippen LogP contribution >= 0.6 is 0 Å². The zero-order chi connectivity index (χ0) is 25.5. The van der Waals surface area contributed by atoms with E-state index in [2.05, 4.69) is 30.3 Å². The van der Waals surface area contributed by atoms with E-state index >= 15 is 0 Å². The van der Waals surface area contributed by atoms with Gasteiger partial charge in [0.1, 0.15) is 5.69 Å². The van der Waals surface area contributed by atoms with E-state index in [-0.39, 0.29) is 23.6 Å². The SMILES string of the molecule is CCn1cc(-c2cnc3ccc(C(=O)Nc4cnccc4N4CC(N)C(O)C(C5CC5)C4)nc3c2)cn1. The molecule has 0 radical (unpaired) electrons. The summed E-state index contributed by atoms with van der Waals surface area (Å²) < 4.78 is 1.85. The number of amides is 1. The van der Waals surface area contributed by atoms with Gasteiger partial charge in [-0.2, -0.15) is 5.10 Å². The number of nitrogens with two attached hydrogens (primary N) is 1. The number of rotatable bonds is 6. The fourth-order valence-electron chi connectivity index (χ4n) is 5.19. The van der Waals surface area contributed by atoms with Gasteiger partial charge < -0.3 is 21.1 Å². The summed E-state index contributed by atoms with van der Waals surface area (Å²) in [6, 6.07) is 6.93. The molecule has 5 heterocycles. The molecular weight excluding hydrogens is 468 g/mol. The van der Waals surface area contributed by atoms with Gasteiger partial charge in [-0.25, -0.2) is 4.98 Å².